The summed E-state index contributed by atoms with van der Waals surface area (Å²) < 4.78 is 2.17. The molecule has 0 spiro atoms. The maximum Gasteiger partial charge on any atom is 0.251 e. The Kier molecular flexibility index (Phi) is 4.71. The van der Waals surface area contributed by atoms with E-state index in [-0.39, 0.29) is 12.5 Å². The molecule has 3 rings (SSSR count). The third-order valence-corrected chi connectivity index (χ3v) is 4.51. The fourth-order valence-electron chi connectivity index (χ4n) is 2.03. The summed E-state index contributed by atoms with van der Waals surface area (Å²) in [6.07, 6.45) is 2.48. The van der Waals surface area contributed by atoms with Crippen molar-refractivity contribution >= 4 is 28.8 Å². The number of hydrogen-bond acceptors (Lipinski definition) is 5. The Labute approximate surface area is 141 Å². The zero-order valence-corrected chi connectivity index (χ0v) is 13.5. The molecule has 6 nitrogen and oxygen atoms in total. The standard InChI is InChI=1S/C15H13ClN4O2S/c16-14-5-4-13(23-14)12(21)9-17-15(22)10-2-1-3-11(8-10)20-7-6-18-19-20/h1-8,12,21H,9H2,(H,17,22). The van der Waals surface area contributed by atoms with Crippen molar-refractivity contribution in [2.24, 2.45) is 0 Å². The zero-order chi connectivity index (χ0) is 16.2. The van der Waals surface area contributed by atoms with Gasteiger partial charge in [0.05, 0.1) is 22.4 Å². The Morgan fingerprint density at radius 1 is 1.39 bits per heavy atom. The molecule has 1 atom stereocenters. The Balaban J connectivity index is 1.65. The highest BCUT2D eigenvalue weighted by Crippen LogP contribution is 2.26. The smallest absolute Gasteiger partial charge is 0.251 e. The maximum atomic E-state index is 12.2. The number of halogens is 1. The van der Waals surface area contributed by atoms with E-state index in [1.54, 1.807) is 47.4 Å². The molecule has 0 aliphatic rings. The highest BCUT2D eigenvalue weighted by atomic mass is 35.5. The molecule has 0 saturated heterocycles. The number of thiophene rings is 1. The van der Waals surface area contributed by atoms with Crippen LogP contribution in [0.3, 0.4) is 0 Å². The van der Waals surface area contributed by atoms with Crippen LogP contribution < -0.4 is 5.32 Å². The van der Waals surface area contributed by atoms with Crippen LogP contribution in [-0.4, -0.2) is 32.6 Å². The van der Waals surface area contributed by atoms with E-state index in [0.717, 1.165) is 5.69 Å². The van der Waals surface area contributed by atoms with Crippen LogP contribution >= 0.6 is 22.9 Å². The van der Waals surface area contributed by atoms with Crippen molar-refractivity contribution in [2.45, 2.75) is 6.10 Å². The third kappa shape index (κ3) is 3.76. The Morgan fingerprint density at radius 3 is 2.96 bits per heavy atom. The lowest BCUT2D eigenvalue weighted by Gasteiger charge is -2.11. The summed E-state index contributed by atoms with van der Waals surface area (Å²) in [6.45, 7) is 0.114. The first-order valence-electron chi connectivity index (χ1n) is 6.82. The molecule has 0 bridgehead atoms. The lowest BCUT2D eigenvalue weighted by Crippen LogP contribution is -2.28. The fraction of sp³-hybridized carbons (Fsp3) is 0.133. The number of aliphatic hydroxyl groups is 1. The first-order valence-corrected chi connectivity index (χ1v) is 8.01. The molecule has 0 saturated carbocycles. The second-order valence-corrected chi connectivity index (χ2v) is 6.51. The molecule has 2 N–H and O–H groups in total. The summed E-state index contributed by atoms with van der Waals surface area (Å²) in [6, 6.07) is 10.5. The number of carbonyl (C=O) groups is 1. The number of rotatable bonds is 5. The molecule has 0 aliphatic carbocycles. The van der Waals surface area contributed by atoms with Gasteiger partial charge in [0, 0.05) is 17.0 Å². The number of hydrogen-bond donors (Lipinski definition) is 2. The van der Waals surface area contributed by atoms with Crippen molar-refractivity contribution in [1.29, 1.82) is 0 Å². The van der Waals surface area contributed by atoms with Gasteiger partial charge in [-0.2, -0.15) is 0 Å². The molecule has 1 unspecified atom stereocenters. The molecule has 2 heterocycles. The number of aliphatic hydroxyl groups excluding tert-OH is 1. The molecule has 1 aromatic carbocycles. The summed E-state index contributed by atoms with van der Waals surface area (Å²) in [4.78, 5) is 12.9. The van der Waals surface area contributed by atoms with E-state index >= 15 is 0 Å². The van der Waals surface area contributed by atoms with Gasteiger partial charge >= 0.3 is 0 Å². The van der Waals surface area contributed by atoms with Gasteiger partial charge in [0.2, 0.25) is 0 Å². The van der Waals surface area contributed by atoms with E-state index in [1.165, 1.54) is 11.3 Å². The fourth-order valence-corrected chi connectivity index (χ4v) is 3.08. The zero-order valence-electron chi connectivity index (χ0n) is 11.9. The number of benzene rings is 1. The van der Waals surface area contributed by atoms with Crippen LogP contribution in [-0.2, 0) is 0 Å². The van der Waals surface area contributed by atoms with Gasteiger partial charge in [-0.15, -0.1) is 16.4 Å². The van der Waals surface area contributed by atoms with E-state index in [4.69, 9.17) is 11.6 Å². The van der Waals surface area contributed by atoms with Gasteiger partial charge < -0.3 is 10.4 Å². The second kappa shape index (κ2) is 6.91. The highest BCUT2D eigenvalue weighted by molar-refractivity contribution is 7.16. The van der Waals surface area contributed by atoms with E-state index in [1.807, 2.05) is 6.07 Å². The number of nitrogens with one attached hydrogen (secondary N) is 1. The first kappa shape index (κ1) is 15.7. The summed E-state index contributed by atoms with van der Waals surface area (Å²) >= 11 is 7.13. The van der Waals surface area contributed by atoms with Crippen molar-refractivity contribution in [3.8, 4) is 5.69 Å². The van der Waals surface area contributed by atoms with Gasteiger partial charge in [0.15, 0.2) is 0 Å². The first-order chi connectivity index (χ1) is 11.1. The van der Waals surface area contributed by atoms with E-state index < -0.39 is 6.10 Å². The van der Waals surface area contributed by atoms with Crippen LogP contribution in [0.4, 0.5) is 0 Å². The number of nitrogens with zero attached hydrogens (tertiary/aromatic N) is 3. The highest BCUT2D eigenvalue weighted by Gasteiger charge is 2.13. The SMILES string of the molecule is O=C(NCC(O)c1ccc(Cl)s1)c1cccc(-n2ccnn2)c1. The molecule has 3 aromatic rings. The van der Waals surface area contributed by atoms with Gasteiger partial charge in [-0.3, -0.25) is 4.79 Å². The molecule has 8 heteroatoms. The minimum absolute atomic E-state index is 0.114. The van der Waals surface area contributed by atoms with Gasteiger partial charge in [-0.25, -0.2) is 4.68 Å². The monoisotopic (exact) mass is 348 g/mol. The normalized spacial score (nSPS) is 12.1. The molecule has 0 aliphatic heterocycles. The van der Waals surface area contributed by atoms with E-state index in [9.17, 15) is 9.90 Å². The lowest BCUT2D eigenvalue weighted by atomic mass is 10.2. The number of amides is 1. The van der Waals surface area contributed by atoms with Crippen molar-refractivity contribution < 1.29 is 9.90 Å². The van der Waals surface area contributed by atoms with Crippen LogP contribution in [0.1, 0.15) is 21.3 Å². The minimum atomic E-state index is -0.782. The van der Waals surface area contributed by atoms with Gasteiger partial charge in [0.1, 0.15) is 6.10 Å². The summed E-state index contributed by atoms with van der Waals surface area (Å²) in [5, 5.41) is 20.4. The average Bonchev–Trinajstić information content (AvgIpc) is 3.24. The average molecular weight is 349 g/mol. The Bertz CT molecular complexity index is 803. The Hall–Kier alpha value is -2.22. The molecule has 118 valence electrons. The topological polar surface area (TPSA) is 80.0 Å². The largest absolute Gasteiger partial charge is 0.386 e. The summed E-state index contributed by atoms with van der Waals surface area (Å²) in [7, 11) is 0. The molecule has 23 heavy (non-hydrogen) atoms. The summed E-state index contributed by atoms with van der Waals surface area (Å²) in [5.41, 5.74) is 1.22. The molecule has 2 aromatic heterocycles. The minimum Gasteiger partial charge on any atom is -0.386 e. The second-order valence-electron chi connectivity index (χ2n) is 4.77. The van der Waals surface area contributed by atoms with Crippen molar-refractivity contribution in [3.05, 3.63) is 63.6 Å². The number of carbonyl (C=O) groups excluding carboxylic acids is 1. The molecular formula is C15H13ClN4O2S. The molecule has 0 radical (unpaired) electrons. The molecule has 1 amide bonds. The van der Waals surface area contributed by atoms with Gasteiger partial charge in [-0.1, -0.05) is 22.9 Å². The van der Waals surface area contributed by atoms with Gasteiger partial charge in [0.25, 0.3) is 5.91 Å². The van der Waals surface area contributed by atoms with E-state index in [2.05, 4.69) is 15.6 Å². The van der Waals surface area contributed by atoms with Crippen LogP contribution in [0.25, 0.3) is 5.69 Å². The van der Waals surface area contributed by atoms with Crippen molar-refractivity contribution in [3.63, 3.8) is 0 Å². The van der Waals surface area contributed by atoms with Gasteiger partial charge in [-0.05, 0) is 30.3 Å². The predicted octanol–water partition coefficient (Wildman–Crippen LogP) is 2.45. The van der Waals surface area contributed by atoms with Crippen molar-refractivity contribution in [1.82, 2.24) is 20.3 Å². The summed E-state index contributed by atoms with van der Waals surface area (Å²) in [5.74, 6) is -0.270. The third-order valence-electron chi connectivity index (χ3n) is 3.17. The van der Waals surface area contributed by atoms with Crippen LogP contribution in [0.15, 0.2) is 48.8 Å². The number of aromatic nitrogens is 3. The van der Waals surface area contributed by atoms with Crippen molar-refractivity contribution in [2.75, 3.05) is 6.54 Å². The molecule has 0 fully saturated rings. The van der Waals surface area contributed by atoms with Crippen LogP contribution in [0, 0.1) is 0 Å². The quantitative estimate of drug-likeness (QED) is 0.742. The Morgan fingerprint density at radius 2 is 2.26 bits per heavy atom. The lowest BCUT2D eigenvalue weighted by molar-refractivity contribution is 0.0918. The molecular weight excluding hydrogens is 336 g/mol. The van der Waals surface area contributed by atoms with E-state index in [0.29, 0.717) is 14.8 Å². The van der Waals surface area contributed by atoms with Crippen LogP contribution in [0.5, 0.6) is 0 Å². The van der Waals surface area contributed by atoms with Crippen LogP contribution in [0.2, 0.25) is 4.34 Å². The maximum absolute atomic E-state index is 12.2. The predicted molar refractivity (Wildman–Crippen MR) is 88.0 cm³/mol.